The van der Waals surface area contributed by atoms with Gasteiger partial charge in [-0.3, -0.25) is 0 Å². The van der Waals surface area contributed by atoms with E-state index in [2.05, 4.69) is 200 Å². The van der Waals surface area contributed by atoms with Crippen molar-refractivity contribution in [1.29, 1.82) is 0 Å². The van der Waals surface area contributed by atoms with Gasteiger partial charge in [0.25, 0.3) is 0 Å². The Hall–Kier alpha value is -7.27. The second-order valence-electron chi connectivity index (χ2n) is 14.4. The second kappa shape index (κ2) is 13.8. The summed E-state index contributed by atoms with van der Waals surface area (Å²) < 4.78 is 2.42. The first-order valence-electron chi connectivity index (χ1n) is 19.2. The Morgan fingerprint density at radius 3 is 1.67 bits per heavy atom. The van der Waals surface area contributed by atoms with Gasteiger partial charge >= 0.3 is 0 Å². The van der Waals surface area contributed by atoms with Crippen LogP contribution in [0.2, 0.25) is 0 Å². The van der Waals surface area contributed by atoms with E-state index in [1.807, 2.05) is 0 Å². The third kappa shape index (κ3) is 6.04. The van der Waals surface area contributed by atoms with Crippen LogP contribution in [-0.4, -0.2) is 15.0 Å². The summed E-state index contributed by atoms with van der Waals surface area (Å²) in [5.41, 5.74) is 9.92. The number of hydrogen-bond acceptors (Lipinski definition) is 4. The summed E-state index contributed by atoms with van der Waals surface area (Å²) in [4.78, 5) is 15.8. The summed E-state index contributed by atoms with van der Waals surface area (Å²) in [7, 11) is 0. The molecule has 0 N–H and O–H groups in total. The van der Waals surface area contributed by atoms with Crippen LogP contribution >= 0.6 is 11.3 Å². The average molecular weight is 744 g/mol. The van der Waals surface area contributed by atoms with Crippen LogP contribution in [0.25, 0.3) is 109 Å². The third-order valence-corrected chi connectivity index (χ3v) is 12.2. The number of thiophene rings is 1. The van der Waals surface area contributed by atoms with Crippen molar-refractivity contribution in [3.05, 3.63) is 200 Å². The number of aromatic nitrogens is 3. The highest BCUT2D eigenvalue weighted by Gasteiger charge is 2.18. The lowest BCUT2D eigenvalue weighted by Crippen LogP contribution is -2.00. The fourth-order valence-electron chi connectivity index (χ4n) is 8.01. The molecule has 11 aromatic rings. The lowest BCUT2D eigenvalue weighted by molar-refractivity contribution is 1.08. The Morgan fingerprint density at radius 2 is 0.807 bits per heavy atom. The molecular formula is C53H33N3S. The zero-order valence-electron chi connectivity index (χ0n) is 30.8. The molecule has 57 heavy (non-hydrogen) atoms. The second-order valence-corrected chi connectivity index (χ2v) is 15.5. The highest BCUT2D eigenvalue weighted by atomic mass is 32.1. The first-order chi connectivity index (χ1) is 28.2. The lowest BCUT2D eigenvalue weighted by atomic mass is 9.95. The number of fused-ring (bicyclic) bond motifs is 5. The van der Waals surface area contributed by atoms with Crippen LogP contribution in [0.3, 0.4) is 0 Å². The third-order valence-electron chi connectivity index (χ3n) is 10.9. The van der Waals surface area contributed by atoms with Crippen molar-refractivity contribution < 1.29 is 0 Å². The van der Waals surface area contributed by atoms with Crippen molar-refractivity contribution in [2.45, 2.75) is 0 Å². The average Bonchev–Trinajstić information content (AvgIpc) is 3.68. The van der Waals surface area contributed by atoms with Crippen LogP contribution in [-0.2, 0) is 0 Å². The molecule has 2 heterocycles. The summed E-state index contributed by atoms with van der Waals surface area (Å²) in [6, 6.07) is 71.2. The van der Waals surface area contributed by atoms with Crippen molar-refractivity contribution in [1.82, 2.24) is 15.0 Å². The van der Waals surface area contributed by atoms with Gasteiger partial charge in [0.05, 0.1) is 0 Å². The van der Waals surface area contributed by atoms with E-state index in [1.165, 1.54) is 47.6 Å². The SMILES string of the molecule is c1ccc(-c2cccc(-c3ccc4cccc(-c5nc(-c6ccc(-c7ccc8ccccc8c7)cc6)nc(-c6cccc7c6sc6ccccc67)n5)c4c3)c2)cc1. The summed E-state index contributed by atoms with van der Waals surface area (Å²) in [5, 5.41) is 7.14. The van der Waals surface area contributed by atoms with Gasteiger partial charge in [-0.15, -0.1) is 11.3 Å². The van der Waals surface area contributed by atoms with E-state index in [0.717, 1.165) is 44.2 Å². The first-order valence-corrected chi connectivity index (χ1v) is 20.0. The molecule has 11 rings (SSSR count). The molecular weight excluding hydrogens is 711 g/mol. The molecule has 0 atom stereocenters. The van der Waals surface area contributed by atoms with Gasteiger partial charge in [-0.2, -0.15) is 0 Å². The Kier molecular flexibility index (Phi) is 8.01. The van der Waals surface area contributed by atoms with Crippen LogP contribution in [0.15, 0.2) is 200 Å². The van der Waals surface area contributed by atoms with Crippen LogP contribution in [0.1, 0.15) is 0 Å². The minimum absolute atomic E-state index is 0.641. The zero-order chi connectivity index (χ0) is 37.7. The van der Waals surface area contributed by atoms with Crippen LogP contribution in [0.4, 0.5) is 0 Å². The molecule has 266 valence electrons. The maximum absolute atomic E-state index is 5.30. The largest absolute Gasteiger partial charge is 0.208 e. The molecule has 0 amide bonds. The highest BCUT2D eigenvalue weighted by molar-refractivity contribution is 7.26. The smallest absolute Gasteiger partial charge is 0.165 e. The van der Waals surface area contributed by atoms with E-state index in [4.69, 9.17) is 15.0 Å². The maximum atomic E-state index is 5.30. The van der Waals surface area contributed by atoms with E-state index >= 15 is 0 Å². The normalized spacial score (nSPS) is 11.5. The summed E-state index contributed by atoms with van der Waals surface area (Å²) in [5.74, 6) is 1.95. The molecule has 0 aliphatic rings. The predicted molar refractivity (Wildman–Crippen MR) is 240 cm³/mol. The molecule has 0 radical (unpaired) electrons. The number of benzene rings is 9. The van der Waals surface area contributed by atoms with Crippen LogP contribution in [0.5, 0.6) is 0 Å². The molecule has 0 spiro atoms. The Bertz CT molecular complexity index is 3290. The minimum Gasteiger partial charge on any atom is -0.208 e. The number of hydrogen-bond donors (Lipinski definition) is 0. The Balaban J connectivity index is 1.07. The van der Waals surface area contributed by atoms with Gasteiger partial charge in [-0.05, 0) is 85.3 Å². The van der Waals surface area contributed by atoms with Crippen molar-refractivity contribution in [3.63, 3.8) is 0 Å². The molecule has 9 aromatic carbocycles. The van der Waals surface area contributed by atoms with Crippen molar-refractivity contribution >= 4 is 53.1 Å². The summed E-state index contributed by atoms with van der Waals surface area (Å²) in [6.07, 6.45) is 0. The van der Waals surface area contributed by atoms with Crippen molar-refractivity contribution in [3.8, 4) is 67.5 Å². The van der Waals surface area contributed by atoms with Crippen LogP contribution < -0.4 is 0 Å². The van der Waals surface area contributed by atoms with Crippen LogP contribution in [0, 0.1) is 0 Å². The zero-order valence-corrected chi connectivity index (χ0v) is 31.6. The topological polar surface area (TPSA) is 38.7 Å². The Labute approximate surface area is 334 Å². The molecule has 0 aliphatic carbocycles. The molecule has 0 saturated heterocycles. The fraction of sp³-hybridized carbons (Fsp3) is 0. The lowest BCUT2D eigenvalue weighted by Gasteiger charge is -2.12. The van der Waals surface area contributed by atoms with Gasteiger partial charge in [-0.1, -0.05) is 170 Å². The maximum Gasteiger partial charge on any atom is 0.165 e. The highest BCUT2D eigenvalue weighted by Crippen LogP contribution is 2.40. The van der Waals surface area contributed by atoms with E-state index < -0.39 is 0 Å². The van der Waals surface area contributed by atoms with Gasteiger partial charge < -0.3 is 0 Å². The van der Waals surface area contributed by atoms with Gasteiger partial charge in [0.2, 0.25) is 0 Å². The van der Waals surface area contributed by atoms with E-state index in [0.29, 0.717) is 17.5 Å². The molecule has 0 aliphatic heterocycles. The number of nitrogens with zero attached hydrogens (tertiary/aromatic N) is 3. The predicted octanol–water partition coefficient (Wildman–Crippen LogP) is 14.5. The minimum atomic E-state index is 0.641. The Morgan fingerprint density at radius 1 is 0.281 bits per heavy atom. The van der Waals surface area contributed by atoms with Gasteiger partial charge in [0.1, 0.15) is 0 Å². The standard InChI is InChI=1S/C53H33N3S/c1-2-11-34(12-3-1)40-16-8-17-41(31-40)43-30-26-37-15-9-20-46(48(37)33-43)52-54-51(38-27-23-36(24-28-38)42-29-25-35-13-4-5-14-39(35)32-42)55-53(56-52)47-21-10-19-45-44-18-6-7-22-49(44)57-50(45)47/h1-33H. The quantitative estimate of drug-likeness (QED) is 0.170. The van der Waals surface area contributed by atoms with E-state index in [-0.39, 0.29) is 0 Å². The van der Waals surface area contributed by atoms with Gasteiger partial charge in [-0.25, -0.2) is 15.0 Å². The number of rotatable bonds is 6. The molecule has 2 aromatic heterocycles. The molecule has 4 heteroatoms. The molecule has 0 fully saturated rings. The van der Waals surface area contributed by atoms with Crippen molar-refractivity contribution in [2.75, 3.05) is 0 Å². The van der Waals surface area contributed by atoms with E-state index in [9.17, 15) is 0 Å². The van der Waals surface area contributed by atoms with Gasteiger partial charge in [0.15, 0.2) is 17.5 Å². The first kappa shape index (κ1) is 33.1. The summed E-state index contributed by atoms with van der Waals surface area (Å²) >= 11 is 1.79. The monoisotopic (exact) mass is 743 g/mol. The van der Waals surface area contributed by atoms with E-state index in [1.54, 1.807) is 11.3 Å². The molecule has 0 bridgehead atoms. The molecule has 0 unspecified atom stereocenters. The van der Waals surface area contributed by atoms with Gasteiger partial charge in [0, 0.05) is 36.9 Å². The summed E-state index contributed by atoms with van der Waals surface area (Å²) in [6.45, 7) is 0. The van der Waals surface area contributed by atoms with Crippen molar-refractivity contribution in [2.24, 2.45) is 0 Å². The molecule has 3 nitrogen and oxygen atoms in total. The fourth-order valence-corrected chi connectivity index (χ4v) is 9.22. The molecule has 0 saturated carbocycles.